The van der Waals surface area contributed by atoms with E-state index in [9.17, 15) is 27.9 Å². The van der Waals surface area contributed by atoms with Crippen molar-refractivity contribution in [2.24, 2.45) is 0 Å². The predicted molar refractivity (Wildman–Crippen MR) is 128 cm³/mol. The van der Waals surface area contributed by atoms with Gasteiger partial charge < -0.3 is 15.4 Å². The Bertz CT molecular complexity index is 1560. The van der Waals surface area contributed by atoms with E-state index in [-0.39, 0.29) is 29.3 Å². The Morgan fingerprint density at radius 1 is 1.14 bits per heavy atom. The first-order valence-corrected chi connectivity index (χ1v) is 10.8. The highest BCUT2D eigenvalue weighted by molar-refractivity contribution is 6.06. The van der Waals surface area contributed by atoms with Gasteiger partial charge in [-0.15, -0.1) is 0 Å². The van der Waals surface area contributed by atoms with E-state index < -0.39 is 23.7 Å². The largest absolute Gasteiger partial charge is 0.476 e. The third-order valence-corrected chi connectivity index (χ3v) is 5.63. The lowest BCUT2D eigenvalue weighted by Crippen LogP contribution is -2.29. The monoisotopic (exact) mass is 511 g/mol. The van der Waals surface area contributed by atoms with Crippen LogP contribution in [0.2, 0.25) is 0 Å². The number of nitrogens with zero attached hydrogens (tertiary/aromatic N) is 6. The number of hydrogen-bond donors (Lipinski definition) is 2. The number of aromatic carboxylic acids is 1. The molecular weight excluding hydrogens is 491 g/mol. The van der Waals surface area contributed by atoms with Crippen LogP contribution >= 0.6 is 0 Å². The zero-order valence-corrected chi connectivity index (χ0v) is 19.8. The zero-order chi connectivity index (χ0) is 27.1. The fourth-order valence-electron chi connectivity index (χ4n) is 3.84. The summed E-state index contributed by atoms with van der Waals surface area (Å²) in [4.78, 5) is 38.0. The van der Waals surface area contributed by atoms with Gasteiger partial charge >= 0.3 is 12.1 Å². The van der Waals surface area contributed by atoms with Crippen LogP contribution in [0.1, 0.15) is 37.8 Å². The second-order valence-electron chi connectivity index (χ2n) is 8.22. The molecule has 3 heterocycles. The van der Waals surface area contributed by atoms with E-state index in [2.05, 4.69) is 20.1 Å². The standard InChI is InChI=1S/C24H20F3N7O3/c1-12-8-14(21-29-11-16-20(31-21)13(2)9-19(30-16)24(25,26)27)4-5-17(12)33(3)22(35)18-10-15(23(36)37)32-34(18)7-6-28/h4-6,8-11,28H,7H2,1-3H3,(H,36,37). The van der Waals surface area contributed by atoms with E-state index in [4.69, 9.17) is 5.41 Å². The van der Waals surface area contributed by atoms with Gasteiger partial charge in [-0.2, -0.15) is 18.3 Å². The number of nitrogens with one attached hydrogen (secondary N) is 1. The summed E-state index contributed by atoms with van der Waals surface area (Å²) in [5.41, 5.74) is 1.05. The Hall–Kier alpha value is -4.68. The number of carboxylic acids is 1. The van der Waals surface area contributed by atoms with Crippen LogP contribution in [0.4, 0.5) is 18.9 Å². The Balaban J connectivity index is 1.67. The Labute approximate surface area is 207 Å². The van der Waals surface area contributed by atoms with Crippen molar-refractivity contribution in [2.45, 2.75) is 26.6 Å². The van der Waals surface area contributed by atoms with E-state index in [0.717, 1.165) is 23.0 Å². The van der Waals surface area contributed by atoms with Crippen LogP contribution in [0.3, 0.4) is 0 Å². The van der Waals surface area contributed by atoms with E-state index in [0.29, 0.717) is 27.9 Å². The summed E-state index contributed by atoms with van der Waals surface area (Å²) in [7, 11) is 1.52. The Morgan fingerprint density at radius 3 is 2.49 bits per heavy atom. The number of hydrogen-bond acceptors (Lipinski definition) is 7. The minimum atomic E-state index is -4.58. The van der Waals surface area contributed by atoms with Crippen molar-refractivity contribution in [3.63, 3.8) is 0 Å². The van der Waals surface area contributed by atoms with Crippen LogP contribution in [-0.2, 0) is 12.7 Å². The second-order valence-corrected chi connectivity index (χ2v) is 8.22. The molecule has 0 unspecified atom stereocenters. The normalized spacial score (nSPS) is 11.5. The molecule has 0 saturated heterocycles. The molecule has 37 heavy (non-hydrogen) atoms. The molecule has 2 N–H and O–H groups in total. The smallest absolute Gasteiger partial charge is 0.433 e. The van der Waals surface area contributed by atoms with Crippen molar-refractivity contribution < 1.29 is 27.9 Å². The maximum Gasteiger partial charge on any atom is 0.433 e. The predicted octanol–water partition coefficient (Wildman–Crippen LogP) is 4.15. The van der Waals surface area contributed by atoms with Crippen LogP contribution in [0, 0.1) is 19.3 Å². The number of carboxylic acid groups (broad SMARTS) is 1. The highest BCUT2D eigenvalue weighted by Crippen LogP contribution is 2.31. The van der Waals surface area contributed by atoms with Gasteiger partial charge in [-0.05, 0) is 49.2 Å². The number of aryl methyl sites for hydroxylation is 2. The summed E-state index contributed by atoms with van der Waals surface area (Å²) in [6.45, 7) is 3.20. The molecule has 3 aromatic heterocycles. The quantitative estimate of drug-likeness (QED) is 0.371. The van der Waals surface area contributed by atoms with Gasteiger partial charge in [-0.1, -0.05) is 0 Å². The third kappa shape index (κ3) is 4.87. The molecule has 0 aliphatic rings. The second kappa shape index (κ2) is 9.41. The van der Waals surface area contributed by atoms with Gasteiger partial charge in [0.15, 0.2) is 11.5 Å². The van der Waals surface area contributed by atoms with Crippen LogP contribution in [-0.4, -0.2) is 55.0 Å². The molecule has 0 fully saturated rings. The van der Waals surface area contributed by atoms with Gasteiger partial charge in [0.25, 0.3) is 5.91 Å². The number of rotatable bonds is 6. The number of pyridine rings is 1. The first-order valence-electron chi connectivity index (χ1n) is 10.8. The van der Waals surface area contributed by atoms with Gasteiger partial charge in [0, 0.05) is 30.6 Å². The topological polar surface area (TPSA) is 138 Å². The molecule has 4 aromatic rings. The molecule has 13 heteroatoms. The van der Waals surface area contributed by atoms with Crippen molar-refractivity contribution in [3.8, 4) is 11.4 Å². The van der Waals surface area contributed by atoms with Crippen molar-refractivity contribution in [3.05, 3.63) is 64.7 Å². The number of aromatic nitrogens is 5. The molecule has 1 aromatic carbocycles. The van der Waals surface area contributed by atoms with Crippen LogP contribution < -0.4 is 4.90 Å². The molecule has 0 saturated carbocycles. The van der Waals surface area contributed by atoms with Gasteiger partial charge in [-0.25, -0.2) is 19.7 Å². The number of anilines is 1. The number of halogens is 3. The molecule has 0 bridgehead atoms. The first kappa shape index (κ1) is 25.4. The van der Waals surface area contributed by atoms with Crippen LogP contribution in [0.25, 0.3) is 22.4 Å². The Kier molecular flexibility index (Phi) is 6.46. The number of alkyl halides is 3. The SMILES string of the molecule is Cc1cc(-c2ncc3nc(C(F)(F)F)cc(C)c3n2)ccc1N(C)C(=O)c1cc(C(=O)O)nn1CC=N. The minimum absolute atomic E-state index is 0.00550. The number of carbonyl (C=O) groups is 2. The number of amides is 1. The number of fused-ring (bicyclic) bond motifs is 1. The van der Waals surface area contributed by atoms with E-state index in [1.54, 1.807) is 25.1 Å². The van der Waals surface area contributed by atoms with Crippen LogP contribution in [0.5, 0.6) is 0 Å². The lowest BCUT2D eigenvalue weighted by molar-refractivity contribution is -0.141. The van der Waals surface area contributed by atoms with Crippen molar-refractivity contribution in [1.29, 1.82) is 5.41 Å². The maximum atomic E-state index is 13.2. The van der Waals surface area contributed by atoms with Gasteiger partial charge in [0.1, 0.15) is 16.9 Å². The van der Waals surface area contributed by atoms with Gasteiger partial charge in [0.2, 0.25) is 0 Å². The van der Waals surface area contributed by atoms with E-state index >= 15 is 0 Å². The van der Waals surface area contributed by atoms with Crippen molar-refractivity contribution in [1.82, 2.24) is 24.7 Å². The van der Waals surface area contributed by atoms with Crippen molar-refractivity contribution in [2.75, 3.05) is 11.9 Å². The number of benzene rings is 1. The highest BCUT2D eigenvalue weighted by atomic mass is 19.4. The average Bonchev–Trinajstić information content (AvgIpc) is 3.27. The van der Waals surface area contributed by atoms with Crippen molar-refractivity contribution >= 4 is 34.8 Å². The maximum absolute atomic E-state index is 13.2. The van der Waals surface area contributed by atoms with E-state index in [1.807, 2.05) is 0 Å². The molecule has 1 amide bonds. The van der Waals surface area contributed by atoms with Gasteiger partial charge in [-0.3, -0.25) is 9.48 Å². The summed E-state index contributed by atoms with van der Waals surface area (Å²) in [5, 5.41) is 20.4. The molecule has 0 radical (unpaired) electrons. The molecule has 0 aliphatic carbocycles. The summed E-state index contributed by atoms with van der Waals surface area (Å²) in [6.07, 6.45) is -2.34. The number of carbonyl (C=O) groups excluding carboxylic acids is 1. The third-order valence-electron chi connectivity index (χ3n) is 5.63. The summed E-state index contributed by atoms with van der Waals surface area (Å²) in [6, 6.07) is 7.14. The summed E-state index contributed by atoms with van der Waals surface area (Å²) in [5.74, 6) is -1.55. The Morgan fingerprint density at radius 2 is 1.86 bits per heavy atom. The molecule has 4 rings (SSSR count). The summed E-state index contributed by atoms with van der Waals surface area (Å²) < 4.78 is 40.4. The molecule has 190 valence electrons. The lowest BCUT2D eigenvalue weighted by atomic mass is 10.1. The zero-order valence-electron chi connectivity index (χ0n) is 19.8. The highest BCUT2D eigenvalue weighted by Gasteiger charge is 2.33. The van der Waals surface area contributed by atoms with Gasteiger partial charge in [0.05, 0.1) is 18.3 Å². The average molecular weight is 511 g/mol. The fourth-order valence-corrected chi connectivity index (χ4v) is 3.84. The first-order chi connectivity index (χ1) is 17.4. The molecule has 0 spiro atoms. The molecule has 10 nitrogen and oxygen atoms in total. The lowest BCUT2D eigenvalue weighted by Gasteiger charge is -2.20. The molecular formula is C24H20F3N7O3. The molecule has 0 atom stereocenters. The molecule has 0 aliphatic heterocycles. The fraction of sp³-hybridized carbons (Fsp3) is 0.208. The van der Waals surface area contributed by atoms with E-state index in [1.165, 1.54) is 25.1 Å². The minimum Gasteiger partial charge on any atom is -0.476 e. The summed E-state index contributed by atoms with van der Waals surface area (Å²) >= 11 is 0. The van der Waals surface area contributed by atoms with Crippen LogP contribution in [0.15, 0.2) is 36.5 Å².